The van der Waals surface area contributed by atoms with Gasteiger partial charge in [-0.25, -0.2) is 9.50 Å². The summed E-state index contributed by atoms with van der Waals surface area (Å²) in [5, 5.41) is 17.9. The van der Waals surface area contributed by atoms with Gasteiger partial charge in [-0.15, -0.1) is 0 Å². The number of fused-ring (bicyclic) bond motifs is 1. The van der Waals surface area contributed by atoms with Crippen LogP contribution in [0.15, 0.2) is 48.8 Å². The van der Waals surface area contributed by atoms with Gasteiger partial charge in [0.05, 0.1) is 11.1 Å². The maximum atomic E-state index is 10.7. The molecule has 1 aromatic carbocycles. The van der Waals surface area contributed by atoms with Gasteiger partial charge >= 0.3 is 0 Å². The van der Waals surface area contributed by atoms with Gasteiger partial charge in [0.25, 0.3) is 5.69 Å². The highest BCUT2D eigenvalue weighted by Crippen LogP contribution is 2.14. The molecular weight excluding hydrogens is 258 g/mol. The van der Waals surface area contributed by atoms with E-state index >= 15 is 0 Å². The third kappa shape index (κ3) is 2.41. The molecular formula is C13H11N5O2. The Bertz CT molecular complexity index is 768. The second kappa shape index (κ2) is 4.96. The van der Waals surface area contributed by atoms with Crippen LogP contribution in [0.3, 0.4) is 0 Å². The molecule has 0 saturated heterocycles. The van der Waals surface area contributed by atoms with Gasteiger partial charge in [0, 0.05) is 30.9 Å². The van der Waals surface area contributed by atoms with E-state index in [1.807, 2.05) is 6.07 Å². The van der Waals surface area contributed by atoms with Crippen molar-refractivity contribution in [3.8, 4) is 0 Å². The summed E-state index contributed by atoms with van der Waals surface area (Å²) in [5.41, 5.74) is 1.66. The topological polar surface area (TPSA) is 85.4 Å². The average Bonchev–Trinajstić information content (AvgIpc) is 2.93. The lowest BCUT2D eigenvalue weighted by molar-refractivity contribution is -0.384. The van der Waals surface area contributed by atoms with E-state index in [0.717, 1.165) is 11.2 Å². The average molecular weight is 269 g/mol. The summed E-state index contributed by atoms with van der Waals surface area (Å²) < 4.78 is 1.67. The van der Waals surface area contributed by atoms with E-state index in [0.29, 0.717) is 12.4 Å². The monoisotopic (exact) mass is 269 g/mol. The fraction of sp³-hybridized carbons (Fsp3) is 0.0769. The molecule has 2 aromatic heterocycles. The van der Waals surface area contributed by atoms with Crippen molar-refractivity contribution in [2.75, 3.05) is 5.32 Å². The van der Waals surface area contributed by atoms with Crippen molar-refractivity contribution in [3.63, 3.8) is 0 Å². The van der Waals surface area contributed by atoms with Gasteiger partial charge < -0.3 is 5.32 Å². The van der Waals surface area contributed by atoms with Gasteiger partial charge in [-0.1, -0.05) is 12.1 Å². The van der Waals surface area contributed by atoms with E-state index in [1.165, 1.54) is 6.07 Å². The zero-order valence-corrected chi connectivity index (χ0v) is 10.4. The number of nitrogens with one attached hydrogen (secondary N) is 1. The molecule has 0 amide bonds. The molecule has 0 aliphatic heterocycles. The molecule has 100 valence electrons. The van der Waals surface area contributed by atoms with Crippen molar-refractivity contribution in [1.29, 1.82) is 0 Å². The Kier molecular flexibility index (Phi) is 3.00. The molecule has 1 N–H and O–H groups in total. The Morgan fingerprint density at radius 1 is 1.30 bits per heavy atom. The minimum absolute atomic E-state index is 0.0866. The number of hydrogen-bond donors (Lipinski definition) is 1. The lowest BCUT2D eigenvalue weighted by Crippen LogP contribution is -2.03. The maximum Gasteiger partial charge on any atom is 0.269 e. The van der Waals surface area contributed by atoms with Gasteiger partial charge in [0.2, 0.25) is 0 Å². The fourth-order valence-electron chi connectivity index (χ4n) is 1.88. The maximum absolute atomic E-state index is 10.7. The van der Waals surface area contributed by atoms with E-state index in [-0.39, 0.29) is 5.69 Å². The minimum Gasteiger partial charge on any atom is -0.366 e. The second-order valence-corrected chi connectivity index (χ2v) is 4.23. The number of hydrogen-bond acceptors (Lipinski definition) is 5. The summed E-state index contributed by atoms with van der Waals surface area (Å²) in [5.74, 6) is 0.699. The van der Waals surface area contributed by atoms with Gasteiger partial charge in [0.1, 0.15) is 5.82 Å². The molecule has 0 spiro atoms. The summed E-state index contributed by atoms with van der Waals surface area (Å²) in [4.78, 5) is 14.7. The lowest BCUT2D eigenvalue weighted by Gasteiger charge is -2.05. The molecule has 3 rings (SSSR count). The number of benzene rings is 1. The zero-order valence-electron chi connectivity index (χ0n) is 10.4. The first-order valence-electron chi connectivity index (χ1n) is 6.00. The molecule has 0 atom stereocenters. The van der Waals surface area contributed by atoms with Gasteiger partial charge in [-0.3, -0.25) is 10.1 Å². The Labute approximate surface area is 114 Å². The van der Waals surface area contributed by atoms with Crippen LogP contribution < -0.4 is 5.32 Å². The van der Waals surface area contributed by atoms with Crippen LogP contribution in [0.2, 0.25) is 0 Å². The molecule has 3 aromatic rings. The molecule has 0 bridgehead atoms. The van der Waals surface area contributed by atoms with Gasteiger partial charge in [-0.05, 0) is 11.6 Å². The Morgan fingerprint density at radius 3 is 3.05 bits per heavy atom. The van der Waals surface area contributed by atoms with Crippen LogP contribution in [-0.4, -0.2) is 19.5 Å². The van der Waals surface area contributed by atoms with Crippen LogP contribution in [0.5, 0.6) is 0 Å². The quantitative estimate of drug-likeness (QED) is 0.580. The molecule has 20 heavy (non-hydrogen) atoms. The Morgan fingerprint density at radius 2 is 2.20 bits per heavy atom. The third-order valence-electron chi connectivity index (χ3n) is 2.85. The Hall–Kier alpha value is -2.96. The number of nitrogens with zero attached hydrogens (tertiary/aromatic N) is 4. The minimum atomic E-state index is -0.403. The van der Waals surface area contributed by atoms with Gasteiger partial charge in [-0.2, -0.15) is 5.10 Å². The van der Waals surface area contributed by atoms with Crippen molar-refractivity contribution in [1.82, 2.24) is 14.6 Å². The van der Waals surface area contributed by atoms with Crippen molar-refractivity contribution >= 4 is 17.2 Å². The third-order valence-corrected chi connectivity index (χ3v) is 2.85. The molecule has 0 aliphatic carbocycles. The number of rotatable bonds is 4. The standard InChI is InChI=1S/C13H11N5O2/c19-18(20)11-3-1-2-10(8-11)9-14-12-5-7-17-13(16-12)4-6-15-17/h1-8H,9H2,(H,14,16). The van der Waals surface area contributed by atoms with E-state index in [2.05, 4.69) is 15.4 Å². The highest BCUT2D eigenvalue weighted by molar-refractivity contribution is 5.46. The van der Waals surface area contributed by atoms with Crippen molar-refractivity contribution in [2.45, 2.75) is 6.54 Å². The number of nitro benzene ring substituents is 1. The number of aromatic nitrogens is 3. The van der Waals surface area contributed by atoms with Crippen molar-refractivity contribution in [3.05, 3.63) is 64.5 Å². The van der Waals surface area contributed by atoms with Gasteiger partial charge in [0.15, 0.2) is 5.65 Å². The first-order valence-corrected chi connectivity index (χ1v) is 6.00. The largest absolute Gasteiger partial charge is 0.366 e. The molecule has 7 heteroatoms. The van der Waals surface area contributed by atoms with Crippen molar-refractivity contribution < 1.29 is 4.92 Å². The van der Waals surface area contributed by atoms with Crippen LogP contribution in [0.25, 0.3) is 5.65 Å². The molecule has 7 nitrogen and oxygen atoms in total. The molecule has 2 heterocycles. The van der Waals surface area contributed by atoms with Crippen LogP contribution in [0.4, 0.5) is 11.5 Å². The molecule has 0 saturated carbocycles. The summed E-state index contributed by atoms with van der Waals surface area (Å²) in [6.45, 7) is 0.471. The van der Waals surface area contributed by atoms with E-state index in [9.17, 15) is 10.1 Å². The summed E-state index contributed by atoms with van der Waals surface area (Å²) in [7, 11) is 0. The van der Waals surface area contributed by atoms with E-state index < -0.39 is 4.92 Å². The predicted octanol–water partition coefficient (Wildman–Crippen LogP) is 2.25. The molecule has 0 fully saturated rings. The number of nitro groups is 1. The number of anilines is 1. The van der Waals surface area contributed by atoms with Crippen LogP contribution in [0.1, 0.15) is 5.56 Å². The number of non-ortho nitro benzene ring substituents is 1. The van der Waals surface area contributed by atoms with Crippen LogP contribution in [-0.2, 0) is 6.54 Å². The van der Waals surface area contributed by atoms with E-state index in [1.54, 1.807) is 41.2 Å². The second-order valence-electron chi connectivity index (χ2n) is 4.23. The summed E-state index contributed by atoms with van der Waals surface area (Å²) in [6.07, 6.45) is 3.48. The normalized spacial score (nSPS) is 10.6. The molecule has 0 unspecified atom stereocenters. The summed E-state index contributed by atoms with van der Waals surface area (Å²) >= 11 is 0. The van der Waals surface area contributed by atoms with Crippen molar-refractivity contribution in [2.24, 2.45) is 0 Å². The van der Waals surface area contributed by atoms with E-state index in [4.69, 9.17) is 0 Å². The highest BCUT2D eigenvalue weighted by Gasteiger charge is 2.05. The van der Waals surface area contributed by atoms with Crippen LogP contribution >= 0.6 is 0 Å². The first-order chi connectivity index (χ1) is 9.72. The Balaban J connectivity index is 1.75. The highest BCUT2D eigenvalue weighted by atomic mass is 16.6. The zero-order chi connectivity index (χ0) is 13.9. The predicted molar refractivity (Wildman–Crippen MR) is 73.4 cm³/mol. The SMILES string of the molecule is O=[N+]([O-])c1cccc(CNc2ccn3nccc3n2)c1. The first kappa shape index (κ1) is 12.1. The smallest absolute Gasteiger partial charge is 0.269 e. The lowest BCUT2D eigenvalue weighted by atomic mass is 10.2. The summed E-state index contributed by atoms with van der Waals surface area (Å²) in [6, 6.07) is 10.1. The molecule has 0 aliphatic rings. The fourth-order valence-corrected chi connectivity index (χ4v) is 1.88. The molecule has 0 radical (unpaired) electrons. The van der Waals surface area contributed by atoms with Crippen LogP contribution in [0, 0.1) is 10.1 Å².